The number of amides is 2. The first kappa shape index (κ1) is 18.6. The minimum absolute atomic E-state index is 0.0728. The number of hydrogen-bond donors (Lipinski definition) is 1. The van der Waals surface area contributed by atoms with Crippen molar-refractivity contribution in [3.8, 4) is 11.1 Å². The van der Waals surface area contributed by atoms with Crippen molar-refractivity contribution in [3.63, 3.8) is 0 Å². The number of nitrogens with one attached hydrogen (secondary N) is 1. The summed E-state index contributed by atoms with van der Waals surface area (Å²) in [5.41, 5.74) is 2.77. The number of ether oxygens (including phenoxy) is 1. The van der Waals surface area contributed by atoms with Crippen molar-refractivity contribution >= 4 is 17.8 Å². The van der Waals surface area contributed by atoms with Crippen LogP contribution < -0.4 is 5.32 Å². The van der Waals surface area contributed by atoms with Crippen LogP contribution in [0.25, 0.3) is 11.1 Å². The SMILES string of the molecule is CCN1CC(NC(=O)c2ccc(-c3cccc(C(=O)OC)c3)cc2)CC1=O. The number of carbonyl (C=O) groups excluding carboxylic acids is 3. The monoisotopic (exact) mass is 366 g/mol. The van der Waals surface area contributed by atoms with E-state index in [2.05, 4.69) is 5.32 Å². The molecule has 0 aromatic heterocycles. The summed E-state index contributed by atoms with van der Waals surface area (Å²) in [6.45, 7) is 3.14. The number of rotatable bonds is 5. The normalized spacial score (nSPS) is 16.3. The van der Waals surface area contributed by atoms with Crippen LogP contribution in [0.15, 0.2) is 48.5 Å². The first-order valence-corrected chi connectivity index (χ1v) is 8.89. The average molecular weight is 366 g/mol. The summed E-state index contributed by atoms with van der Waals surface area (Å²) in [5.74, 6) is -0.510. The molecule has 2 aromatic rings. The van der Waals surface area contributed by atoms with Crippen molar-refractivity contribution in [2.45, 2.75) is 19.4 Å². The number of carbonyl (C=O) groups is 3. The zero-order chi connectivity index (χ0) is 19.4. The van der Waals surface area contributed by atoms with E-state index in [0.717, 1.165) is 11.1 Å². The quantitative estimate of drug-likeness (QED) is 0.825. The van der Waals surface area contributed by atoms with Crippen LogP contribution in [0.4, 0.5) is 0 Å². The van der Waals surface area contributed by atoms with Crippen molar-refractivity contribution < 1.29 is 19.1 Å². The van der Waals surface area contributed by atoms with Gasteiger partial charge in [0.25, 0.3) is 5.91 Å². The number of methoxy groups -OCH3 is 1. The van der Waals surface area contributed by atoms with Crippen LogP contribution >= 0.6 is 0 Å². The van der Waals surface area contributed by atoms with Crippen molar-refractivity contribution in [1.29, 1.82) is 0 Å². The third-order valence-corrected chi connectivity index (χ3v) is 4.70. The van der Waals surface area contributed by atoms with Crippen LogP contribution in [0.1, 0.15) is 34.1 Å². The highest BCUT2D eigenvalue weighted by atomic mass is 16.5. The van der Waals surface area contributed by atoms with Crippen LogP contribution in [-0.4, -0.2) is 48.9 Å². The molecule has 140 valence electrons. The highest BCUT2D eigenvalue weighted by Crippen LogP contribution is 2.22. The maximum Gasteiger partial charge on any atom is 0.337 e. The van der Waals surface area contributed by atoms with Gasteiger partial charge in [-0.3, -0.25) is 9.59 Å². The molecule has 2 amide bonds. The van der Waals surface area contributed by atoms with Crippen LogP contribution in [-0.2, 0) is 9.53 Å². The molecule has 0 radical (unpaired) electrons. The van der Waals surface area contributed by atoms with Crippen molar-refractivity contribution in [2.24, 2.45) is 0 Å². The lowest BCUT2D eigenvalue weighted by atomic mass is 10.0. The van der Waals surface area contributed by atoms with E-state index in [1.54, 1.807) is 35.2 Å². The highest BCUT2D eigenvalue weighted by molar-refractivity contribution is 5.96. The van der Waals surface area contributed by atoms with Crippen molar-refractivity contribution in [1.82, 2.24) is 10.2 Å². The molecule has 0 aliphatic carbocycles. The molecule has 0 saturated carbocycles. The molecule has 0 spiro atoms. The van der Waals surface area contributed by atoms with E-state index in [1.165, 1.54) is 7.11 Å². The Morgan fingerprint density at radius 2 is 1.85 bits per heavy atom. The molecule has 2 aromatic carbocycles. The van der Waals surface area contributed by atoms with Gasteiger partial charge in [0.15, 0.2) is 0 Å². The van der Waals surface area contributed by atoms with Crippen LogP contribution in [0.3, 0.4) is 0 Å². The van der Waals surface area contributed by atoms with Gasteiger partial charge in [-0.05, 0) is 42.3 Å². The van der Waals surface area contributed by atoms with E-state index < -0.39 is 0 Å². The first-order valence-electron chi connectivity index (χ1n) is 8.89. The molecule has 6 heteroatoms. The Hall–Kier alpha value is -3.15. The Balaban J connectivity index is 1.69. The molecule has 1 saturated heterocycles. The van der Waals surface area contributed by atoms with E-state index in [1.807, 2.05) is 25.1 Å². The molecule has 3 rings (SSSR count). The molecule has 1 aliphatic heterocycles. The van der Waals surface area contributed by atoms with E-state index in [4.69, 9.17) is 4.74 Å². The van der Waals surface area contributed by atoms with Crippen LogP contribution in [0, 0.1) is 0 Å². The maximum absolute atomic E-state index is 12.4. The number of hydrogen-bond acceptors (Lipinski definition) is 4. The smallest absolute Gasteiger partial charge is 0.337 e. The van der Waals surface area contributed by atoms with Crippen LogP contribution in [0.5, 0.6) is 0 Å². The van der Waals surface area contributed by atoms with Gasteiger partial charge in [-0.1, -0.05) is 24.3 Å². The topological polar surface area (TPSA) is 75.7 Å². The standard InChI is InChI=1S/C21H22N2O4/c1-3-23-13-18(12-19(23)24)22-20(25)15-9-7-14(8-10-15)16-5-4-6-17(11-16)21(26)27-2/h4-11,18H,3,12-13H2,1-2H3,(H,22,25). The summed E-state index contributed by atoms with van der Waals surface area (Å²) >= 11 is 0. The largest absolute Gasteiger partial charge is 0.465 e. The average Bonchev–Trinajstić information content (AvgIpc) is 3.06. The molecule has 1 aliphatic rings. The fourth-order valence-electron chi connectivity index (χ4n) is 3.20. The van der Waals surface area contributed by atoms with E-state index >= 15 is 0 Å². The van der Waals surface area contributed by atoms with Crippen LogP contribution in [0.2, 0.25) is 0 Å². The molecule has 27 heavy (non-hydrogen) atoms. The minimum Gasteiger partial charge on any atom is -0.465 e. The fraction of sp³-hybridized carbons (Fsp3) is 0.286. The zero-order valence-corrected chi connectivity index (χ0v) is 15.4. The summed E-state index contributed by atoms with van der Waals surface area (Å²) < 4.78 is 4.74. The number of esters is 1. The lowest BCUT2D eigenvalue weighted by Crippen LogP contribution is -2.37. The van der Waals surface area contributed by atoms with Gasteiger partial charge in [0, 0.05) is 25.1 Å². The molecular weight excluding hydrogens is 344 g/mol. The summed E-state index contributed by atoms with van der Waals surface area (Å²) in [6.07, 6.45) is 0.345. The summed E-state index contributed by atoms with van der Waals surface area (Å²) in [7, 11) is 1.35. The molecule has 0 bridgehead atoms. The Bertz CT molecular complexity index is 861. The van der Waals surface area contributed by atoms with Gasteiger partial charge < -0.3 is 15.0 Å². The number of likely N-dealkylation sites (tertiary alicyclic amines) is 1. The van der Waals surface area contributed by atoms with Crippen molar-refractivity contribution in [3.05, 3.63) is 59.7 Å². The minimum atomic E-state index is -0.389. The Morgan fingerprint density at radius 1 is 1.11 bits per heavy atom. The summed E-state index contributed by atoms with van der Waals surface area (Å²) in [6, 6.07) is 14.1. The molecule has 1 heterocycles. The number of benzene rings is 2. The van der Waals surface area contributed by atoms with Gasteiger partial charge in [-0.15, -0.1) is 0 Å². The van der Waals surface area contributed by atoms with E-state index in [9.17, 15) is 14.4 Å². The van der Waals surface area contributed by atoms with Gasteiger partial charge in [-0.25, -0.2) is 4.79 Å². The van der Waals surface area contributed by atoms with Gasteiger partial charge in [-0.2, -0.15) is 0 Å². The second-order valence-corrected chi connectivity index (χ2v) is 6.46. The molecule has 1 unspecified atom stereocenters. The maximum atomic E-state index is 12.4. The Kier molecular flexibility index (Phi) is 5.54. The summed E-state index contributed by atoms with van der Waals surface area (Å²) in [4.78, 5) is 37.6. The summed E-state index contributed by atoms with van der Waals surface area (Å²) in [5, 5.41) is 2.92. The Morgan fingerprint density at radius 3 is 2.48 bits per heavy atom. The number of likely N-dealkylation sites (N-methyl/N-ethyl adjacent to an activating group) is 1. The predicted octanol–water partition coefficient (Wildman–Crippen LogP) is 2.49. The molecule has 6 nitrogen and oxygen atoms in total. The lowest BCUT2D eigenvalue weighted by Gasteiger charge is -2.15. The lowest BCUT2D eigenvalue weighted by molar-refractivity contribution is -0.127. The van der Waals surface area contributed by atoms with Gasteiger partial charge in [0.1, 0.15) is 0 Å². The zero-order valence-electron chi connectivity index (χ0n) is 15.4. The van der Waals surface area contributed by atoms with Gasteiger partial charge in [0.05, 0.1) is 18.7 Å². The second-order valence-electron chi connectivity index (χ2n) is 6.46. The van der Waals surface area contributed by atoms with Crippen molar-refractivity contribution in [2.75, 3.05) is 20.2 Å². The van der Waals surface area contributed by atoms with Gasteiger partial charge >= 0.3 is 5.97 Å². The molecular formula is C21H22N2O4. The highest BCUT2D eigenvalue weighted by Gasteiger charge is 2.29. The molecule has 1 fully saturated rings. The second kappa shape index (κ2) is 8.03. The van der Waals surface area contributed by atoms with E-state index in [-0.39, 0.29) is 23.8 Å². The third kappa shape index (κ3) is 4.16. The molecule has 1 N–H and O–H groups in total. The molecule has 1 atom stereocenters. The predicted molar refractivity (Wildman–Crippen MR) is 101 cm³/mol. The van der Waals surface area contributed by atoms with E-state index in [0.29, 0.717) is 30.6 Å². The third-order valence-electron chi connectivity index (χ3n) is 4.70. The van der Waals surface area contributed by atoms with Gasteiger partial charge in [0.2, 0.25) is 5.91 Å². The Labute approximate surface area is 158 Å². The first-order chi connectivity index (χ1) is 13.0. The fourth-order valence-corrected chi connectivity index (χ4v) is 3.20. The number of nitrogens with zero attached hydrogens (tertiary/aromatic N) is 1.